The van der Waals surface area contributed by atoms with Crippen molar-refractivity contribution in [1.82, 2.24) is 15.1 Å². The number of hydrogen-bond donors (Lipinski definition) is 2. The number of anilines is 1. The molecule has 2 N–H and O–H groups in total. The molecule has 3 aromatic rings. The fourth-order valence-corrected chi connectivity index (χ4v) is 2.74. The van der Waals surface area contributed by atoms with Gasteiger partial charge in [0, 0.05) is 6.07 Å². The molecule has 142 valence electrons. The zero-order valence-corrected chi connectivity index (χ0v) is 15.7. The second-order valence-electron chi connectivity index (χ2n) is 6.02. The first-order valence-electron chi connectivity index (χ1n) is 8.44. The standard InChI is InChI=1S/C20H17ClN4O3/c1-13-7-8-16(15(21)11-13)23-18(26)12-22-20(28)17-9-10-19(27)25(24-17)14-5-3-2-4-6-14/h2-11H,12H2,1H3,(H,22,28)(H,23,26). The maximum atomic E-state index is 12.3. The molecule has 2 amide bonds. The van der Waals surface area contributed by atoms with Crippen molar-refractivity contribution in [2.75, 3.05) is 11.9 Å². The summed E-state index contributed by atoms with van der Waals surface area (Å²) in [5, 5.41) is 9.59. The van der Waals surface area contributed by atoms with E-state index in [2.05, 4.69) is 15.7 Å². The van der Waals surface area contributed by atoms with E-state index in [9.17, 15) is 14.4 Å². The Hall–Kier alpha value is -3.45. The highest BCUT2D eigenvalue weighted by Crippen LogP contribution is 2.22. The van der Waals surface area contributed by atoms with Crippen molar-refractivity contribution in [1.29, 1.82) is 0 Å². The van der Waals surface area contributed by atoms with Gasteiger partial charge in [0.15, 0.2) is 0 Å². The molecule has 2 aromatic carbocycles. The van der Waals surface area contributed by atoms with Crippen molar-refractivity contribution in [2.24, 2.45) is 0 Å². The van der Waals surface area contributed by atoms with Crippen LogP contribution in [0, 0.1) is 6.92 Å². The smallest absolute Gasteiger partial charge is 0.272 e. The quantitative estimate of drug-likeness (QED) is 0.693. The Morgan fingerprint density at radius 1 is 1.07 bits per heavy atom. The maximum absolute atomic E-state index is 12.3. The molecule has 3 rings (SSSR count). The van der Waals surface area contributed by atoms with E-state index in [1.165, 1.54) is 12.1 Å². The Morgan fingerprint density at radius 3 is 2.54 bits per heavy atom. The molecule has 7 nitrogen and oxygen atoms in total. The zero-order valence-electron chi connectivity index (χ0n) is 15.0. The van der Waals surface area contributed by atoms with Gasteiger partial charge in [-0.3, -0.25) is 14.4 Å². The summed E-state index contributed by atoms with van der Waals surface area (Å²) in [6, 6.07) is 16.5. The first kappa shape index (κ1) is 19.3. The normalized spacial score (nSPS) is 10.4. The largest absolute Gasteiger partial charge is 0.342 e. The monoisotopic (exact) mass is 396 g/mol. The molecule has 0 radical (unpaired) electrons. The van der Waals surface area contributed by atoms with Crippen molar-refractivity contribution < 1.29 is 9.59 Å². The summed E-state index contributed by atoms with van der Waals surface area (Å²) in [5.41, 5.74) is 1.62. The molecule has 0 saturated carbocycles. The van der Waals surface area contributed by atoms with Crippen LogP contribution in [0.2, 0.25) is 5.02 Å². The summed E-state index contributed by atoms with van der Waals surface area (Å²) in [6.45, 7) is 1.62. The first-order valence-corrected chi connectivity index (χ1v) is 8.82. The fourth-order valence-electron chi connectivity index (χ4n) is 2.45. The molecule has 0 spiro atoms. The molecular formula is C20H17ClN4O3. The van der Waals surface area contributed by atoms with Gasteiger partial charge in [-0.2, -0.15) is 9.78 Å². The number of benzene rings is 2. The SMILES string of the molecule is Cc1ccc(NC(=O)CNC(=O)c2ccc(=O)n(-c3ccccc3)n2)c(Cl)c1. The number of aromatic nitrogens is 2. The summed E-state index contributed by atoms with van der Waals surface area (Å²) >= 11 is 6.08. The van der Waals surface area contributed by atoms with Gasteiger partial charge >= 0.3 is 0 Å². The third-order valence-electron chi connectivity index (χ3n) is 3.84. The van der Waals surface area contributed by atoms with E-state index >= 15 is 0 Å². The Labute approximate surface area is 166 Å². The maximum Gasteiger partial charge on any atom is 0.272 e. The third-order valence-corrected chi connectivity index (χ3v) is 4.15. The number of nitrogens with one attached hydrogen (secondary N) is 2. The molecule has 0 fully saturated rings. The topological polar surface area (TPSA) is 93.1 Å². The lowest BCUT2D eigenvalue weighted by Crippen LogP contribution is -2.34. The van der Waals surface area contributed by atoms with Gasteiger partial charge in [-0.25, -0.2) is 0 Å². The van der Waals surface area contributed by atoms with E-state index in [1.807, 2.05) is 19.1 Å². The highest BCUT2D eigenvalue weighted by molar-refractivity contribution is 6.33. The van der Waals surface area contributed by atoms with Gasteiger partial charge in [-0.15, -0.1) is 0 Å². The fraction of sp³-hybridized carbons (Fsp3) is 0.100. The van der Waals surface area contributed by atoms with E-state index in [0.29, 0.717) is 16.4 Å². The number of hydrogen-bond acceptors (Lipinski definition) is 4. The lowest BCUT2D eigenvalue weighted by atomic mass is 10.2. The summed E-state index contributed by atoms with van der Waals surface area (Å²) in [4.78, 5) is 36.4. The van der Waals surface area contributed by atoms with E-state index < -0.39 is 11.8 Å². The van der Waals surface area contributed by atoms with E-state index in [-0.39, 0.29) is 17.8 Å². The summed E-state index contributed by atoms with van der Waals surface area (Å²) in [5.74, 6) is -1.01. The third kappa shape index (κ3) is 4.63. The molecule has 0 aliphatic heterocycles. The van der Waals surface area contributed by atoms with Crippen molar-refractivity contribution in [3.8, 4) is 5.69 Å². The molecule has 0 atom stereocenters. The first-order chi connectivity index (χ1) is 13.4. The Kier molecular flexibility index (Phi) is 5.86. The number of carbonyl (C=O) groups is 2. The number of rotatable bonds is 5. The molecule has 1 heterocycles. The zero-order chi connectivity index (χ0) is 20.1. The van der Waals surface area contributed by atoms with Crippen LogP contribution in [-0.4, -0.2) is 28.1 Å². The van der Waals surface area contributed by atoms with E-state index in [0.717, 1.165) is 10.2 Å². The van der Waals surface area contributed by atoms with Crippen LogP contribution in [-0.2, 0) is 4.79 Å². The Morgan fingerprint density at radius 2 is 1.82 bits per heavy atom. The number of amides is 2. The number of aryl methyl sites for hydroxylation is 1. The van der Waals surface area contributed by atoms with Gasteiger partial charge in [-0.05, 0) is 42.8 Å². The van der Waals surface area contributed by atoms with E-state index in [4.69, 9.17) is 11.6 Å². The molecule has 0 aliphatic carbocycles. The van der Waals surface area contributed by atoms with Crippen LogP contribution in [0.15, 0.2) is 65.5 Å². The second kappa shape index (κ2) is 8.49. The highest BCUT2D eigenvalue weighted by Gasteiger charge is 2.13. The minimum Gasteiger partial charge on any atom is -0.342 e. The van der Waals surface area contributed by atoms with Crippen molar-refractivity contribution >= 4 is 29.1 Å². The van der Waals surface area contributed by atoms with Gasteiger partial charge in [0.25, 0.3) is 11.5 Å². The predicted octanol–water partition coefficient (Wildman–Crippen LogP) is 2.56. The minimum absolute atomic E-state index is 0.0182. The molecule has 0 aliphatic rings. The van der Waals surface area contributed by atoms with Crippen LogP contribution in [0.1, 0.15) is 16.1 Å². The summed E-state index contributed by atoms with van der Waals surface area (Å²) in [6.07, 6.45) is 0. The predicted molar refractivity (Wildman–Crippen MR) is 107 cm³/mol. The molecule has 8 heteroatoms. The van der Waals surface area contributed by atoms with Crippen LogP contribution in [0.25, 0.3) is 5.69 Å². The number of para-hydroxylation sites is 1. The average Bonchev–Trinajstić information content (AvgIpc) is 2.69. The number of halogens is 1. The van der Waals surface area contributed by atoms with Crippen LogP contribution in [0.3, 0.4) is 0 Å². The lowest BCUT2D eigenvalue weighted by molar-refractivity contribution is -0.115. The molecule has 28 heavy (non-hydrogen) atoms. The van der Waals surface area contributed by atoms with Crippen molar-refractivity contribution in [2.45, 2.75) is 6.92 Å². The van der Waals surface area contributed by atoms with Crippen LogP contribution in [0.5, 0.6) is 0 Å². The van der Waals surface area contributed by atoms with Crippen LogP contribution < -0.4 is 16.2 Å². The van der Waals surface area contributed by atoms with Gasteiger partial charge in [0.2, 0.25) is 5.91 Å². The number of nitrogens with zero attached hydrogens (tertiary/aromatic N) is 2. The lowest BCUT2D eigenvalue weighted by Gasteiger charge is -2.09. The van der Waals surface area contributed by atoms with Crippen molar-refractivity contribution in [3.63, 3.8) is 0 Å². The minimum atomic E-state index is -0.574. The molecule has 0 unspecified atom stereocenters. The second-order valence-corrected chi connectivity index (χ2v) is 6.43. The van der Waals surface area contributed by atoms with E-state index in [1.54, 1.807) is 36.4 Å². The molecule has 0 saturated heterocycles. The summed E-state index contributed by atoms with van der Waals surface area (Å²) < 4.78 is 1.13. The molecular weight excluding hydrogens is 380 g/mol. The van der Waals surface area contributed by atoms with Gasteiger partial charge < -0.3 is 10.6 Å². The molecule has 0 bridgehead atoms. The number of carbonyl (C=O) groups excluding carboxylic acids is 2. The van der Waals surface area contributed by atoms with Gasteiger partial charge in [0.1, 0.15) is 5.69 Å². The van der Waals surface area contributed by atoms with Crippen LogP contribution in [0.4, 0.5) is 5.69 Å². The van der Waals surface area contributed by atoms with Crippen LogP contribution >= 0.6 is 11.6 Å². The average molecular weight is 397 g/mol. The Balaban J connectivity index is 1.66. The highest BCUT2D eigenvalue weighted by atomic mass is 35.5. The Bertz CT molecular complexity index is 1080. The van der Waals surface area contributed by atoms with Crippen molar-refractivity contribution in [3.05, 3.63) is 87.3 Å². The van der Waals surface area contributed by atoms with Gasteiger partial charge in [0.05, 0.1) is 22.9 Å². The summed E-state index contributed by atoms with van der Waals surface area (Å²) in [7, 11) is 0. The molecule has 1 aromatic heterocycles. The van der Waals surface area contributed by atoms with Gasteiger partial charge in [-0.1, -0.05) is 35.9 Å².